The molecular weight excluding hydrogens is 368 g/mol. The Kier molecular flexibility index (Phi) is 6.35. The molecule has 0 radical (unpaired) electrons. The SMILES string of the molecule is CC(c1ccccc1Cl)N1CCN(CCS(=O)(=O)c2ccccc2)CC1. The number of sulfone groups is 1. The van der Waals surface area contributed by atoms with E-state index < -0.39 is 9.84 Å². The van der Waals surface area contributed by atoms with Crippen molar-refractivity contribution in [2.75, 3.05) is 38.5 Å². The van der Waals surface area contributed by atoms with Gasteiger partial charge in [-0.1, -0.05) is 48.0 Å². The van der Waals surface area contributed by atoms with Crippen LogP contribution in [0, 0.1) is 0 Å². The molecule has 1 saturated heterocycles. The Labute approximate surface area is 161 Å². The van der Waals surface area contributed by atoms with E-state index in [9.17, 15) is 8.42 Å². The zero-order valence-corrected chi connectivity index (χ0v) is 16.6. The third kappa shape index (κ3) is 4.65. The van der Waals surface area contributed by atoms with Gasteiger partial charge in [0, 0.05) is 43.8 Å². The van der Waals surface area contributed by atoms with Crippen LogP contribution in [0.1, 0.15) is 18.5 Å². The van der Waals surface area contributed by atoms with Gasteiger partial charge in [-0.2, -0.15) is 0 Å². The van der Waals surface area contributed by atoms with Crippen LogP contribution in [-0.2, 0) is 9.84 Å². The van der Waals surface area contributed by atoms with E-state index in [1.807, 2.05) is 24.3 Å². The van der Waals surface area contributed by atoms with Gasteiger partial charge in [0.1, 0.15) is 0 Å². The van der Waals surface area contributed by atoms with E-state index >= 15 is 0 Å². The fourth-order valence-corrected chi connectivity index (χ4v) is 4.98. The maximum absolute atomic E-state index is 12.4. The lowest BCUT2D eigenvalue weighted by molar-refractivity contribution is 0.106. The van der Waals surface area contributed by atoms with Gasteiger partial charge in [-0.25, -0.2) is 8.42 Å². The molecule has 0 aliphatic carbocycles. The first-order chi connectivity index (χ1) is 12.5. The van der Waals surface area contributed by atoms with Crippen LogP contribution < -0.4 is 0 Å². The maximum atomic E-state index is 12.4. The third-order valence-corrected chi connectivity index (χ3v) is 7.14. The molecule has 1 fully saturated rings. The van der Waals surface area contributed by atoms with E-state index in [2.05, 4.69) is 22.8 Å². The van der Waals surface area contributed by atoms with Crippen LogP contribution in [-0.4, -0.2) is 56.7 Å². The van der Waals surface area contributed by atoms with E-state index in [0.717, 1.165) is 36.8 Å². The molecule has 2 aromatic rings. The second kappa shape index (κ2) is 8.53. The van der Waals surface area contributed by atoms with Crippen LogP contribution in [0.2, 0.25) is 5.02 Å². The van der Waals surface area contributed by atoms with Crippen molar-refractivity contribution >= 4 is 21.4 Å². The summed E-state index contributed by atoms with van der Waals surface area (Å²) < 4.78 is 24.8. The molecule has 6 heteroatoms. The Morgan fingerprint density at radius 1 is 0.962 bits per heavy atom. The van der Waals surface area contributed by atoms with Crippen molar-refractivity contribution in [2.45, 2.75) is 17.9 Å². The Balaban J connectivity index is 1.52. The second-order valence-corrected chi connectivity index (χ2v) is 9.22. The minimum atomic E-state index is -3.21. The molecule has 0 bridgehead atoms. The van der Waals surface area contributed by atoms with Crippen molar-refractivity contribution in [1.82, 2.24) is 9.80 Å². The van der Waals surface area contributed by atoms with Crippen LogP contribution >= 0.6 is 11.6 Å². The molecule has 1 atom stereocenters. The first-order valence-corrected chi connectivity index (χ1v) is 11.0. The monoisotopic (exact) mass is 392 g/mol. The smallest absolute Gasteiger partial charge is 0.179 e. The highest BCUT2D eigenvalue weighted by molar-refractivity contribution is 7.91. The summed E-state index contributed by atoms with van der Waals surface area (Å²) in [6.45, 7) is 6.33. The molecule has 26 heavy (non-hydrogen) atoms. The van der Waals surface area contributed by atoms with E-state index in [1.165, 1.54) is 0 Å². The number of nitrogens with zero attached hydrogens (tertiary/aromatic N) is 2. The number of benzene rings is 2. The normalized spacial score (nSPS) is 17.9. The van der Waals surface area contributed by atoms with Gasteiger partial charge in [-0.15, -0.1) is 0 Å². The standard InChI is InChI=1S/C20H25ClN2O2S/c1-17(19-9-5-6-10-20(19)21)23-13-11-22(12-14-23)15-16-26(24,25)18-7-3-2-4-8-18/h2-10,17H,11-16H2,1H3. The Morgan fingerprint density at radius 2 is 1.58 bits per heavy atom. The van der Waals surface area contributed by atoms with Gasteiger partial charge in [0.2, 0.25) is 0 Å². The quantitative estimate of drug-likeness (QED) is 0.754. The van der Waals surface area contributed by atoms with Crippen LogP contribution in [0.3, 0.4) is 0 Å². The van der Waals surface area contributed by atoms with Crippen molar-refractivity contribution in [3.05, 3.63) is 65.2 Å². The van der Waals surface area contributed by atoms with Crippen LogP contribution in [0.25, 0.3) is 0 Å². The lowest BCUT2D eigenvalue weighted by atomic mass is 10.1. The molecule has 0 amide bonds. The summed E-state index contributed by atoms with van der Waals surface area (Å²) >= 11 is 6.32. The summed E-state index contributed by atoms with van der Waals surface area (Å²) in [5.74, 6) is 0.164. The summed E-state index contributed by atoms with van der Waals surface area (Å²) in [6.07, 6.45) is 0. The average Bonchev–Trinajstić information content (AvgIpc) is 2.67. The summed E-state index contributed by atoms with van der Waals surface area (Å²) in [5, 5.41) is 0.802. The second-order valence-electron chi connectivity index (χ2n) is 6.71. The predicted octanol–water partition coefficient (Wildman–Crippen LogP) is 3.49. The van der Waals surface area contributed by atoms with Gasteiger partial charge < -0.3 is 0 Å². The van der Waals surface area contributed by atoms with Crippen LogP contribution in [0.5, 0.6) is 0 Å². The largest absolute Gasteiger partial charge is 0.300 e. The summed E-state index contributed by atoms with van der Waals surface area (Å²) in [6, 6.07) is 16.9. The van der Waals surface area contributed by atoms with Gasteiger partial charge in [0.15, 0.2) is 9.84 Å². The van der Waals surface area contributed by atoms with Crippen molar-refractivity contribution in [3.8, 4) is 0 Å². The van der Waals surface area contributed by atoms with Gasteiger partial charge in [0.05, 0.1) is 10.6 Å². The summed E-state index contributed by atoms with van der Waals surface area (Å²) in [4.78, 5) is 5.05. The molecule has 1 aliphatic heterocycles. The van der Waals surface area contributed by atoms with Gasteiger partial charge in [-0.05, 0) is 30.7 Å². The zero-order chi connectivity index (χ0) is 18.6. The number of hydrogen-bond donors (Lipinski definition) is 0. The molecule has 2 aromatic carbocycles. The highest BCUT2D eigenvalue weighted by Gasteiger charge is 2.24. The summed E-state index contributed by atoms with van der Waals surface area (Å²) in [7, 11) is -3.21. The van der Waals surface area contributed by atoms with Crippen LogP contribution in [0.4, 0.5) is 0 Å². The van der Waals surface area contributed by atoms with Crippen molar-refractivity contribution < 1.29 is 8.42 Å². The zero-order valence-electron chi connectivity index (χ0n) is 15.0. The van der Waals surface area contributed by atoms with Crippen molar-refractivity contribution in [3.63, 3.8) is 0 Å². The maximum Gasteiger partial charge on any atom is 0.179 e. The first kappa shape index (κ1) is 19.4. The molecular formula is C20H25ClN2O2S. The van der Waals surface area contributed by atoms with Gasteiger partial charge in [-0.3, -0.25) is 9.80 Å². The molecule has 0 spiro atoms. The molecule has 3 rings (SSSR count). The third-order valence-electron chi connectivity index (χ3n) is 5.09. The van der Waals surface area contributed by atoms with Crippen LogP contribution in [0.15, 0.2) is 59.5 Å². The Hall–Kier alpha value is -1.40. The van der Waals surface area contributed by atoms with Gasteiger partial charge in [0.25, 0.3) is 0 Å². The first-order valence-electron chi connectivity index (χ1n) is 8.96. The topological polar surface area (TPSA) is 40.6 Å². The lowest BCUT2D eigenvalue weighted by Crippen LogP contribution is -2.48. The number of rotatable bonds is 6. The highest BCUT2D eigenvalue weighted by Crippen LogP contribution is 2.27. The minimum Gasteiger partial charge on any atom is -0.300 e. The molecule has 1 unspecified atom stereocenters. The molecule has 0 saturated carbocycles. The Bertz CT molecular complexity index is 819. The minimum absolute atomic E-state index is 0.164. The van der Waals surface area contributed by atoms with Gasteiger partial charge >= 0.3 is 0 Å². The fourth-order valence-electron chi connectivity index (χ4n) is 3.38. The van der Waals surface area contributed by atoms with Crippen molar-refractivity contribution in [2.24, 2.45) is 0 Å². The van der Waals surface area contributed by atoms with E-state index in [-0.39, 0.29) is 11.8 Å². The molecule has 0 N–H and O–H groups in total. The summed E-state index contributed by atoms with van der Waals surface area (Å²) in [5.41, 5.74) is 1.15. The Morgan fingerprint density at radius 3 is 2.23 bits per heavy atom. The highest BCUT2D eigenvalue weighted by atomic mass is 35.5. The molecule has 1 aliphatic rings. The molecule has 1 heterocycles. The van der Waals surface area contributed by atoms with E-state index in [0.29, 0.717) is 11.4 Å². The molecule has 0 aromatic heterocycles. The number of halogens is 1. The fraction of sp³-hybridized carbons (Fsp3) is 0.400. The number of hydrogen-bond acceptors (Lipinski definition) is 4. The average molecular weight is 393 g/mol. The van der Waals surface area contributed by atoms with Crippen molar-refractivity contribution in [1.29, 1.82) is 0 Å². The van der Waals surface area contributed by atoms with E-state index in [1.54, 1.807) is 24.3 Å². The number of piperazine rings is 1. The molecule has 140 valence electrons. The lowest BCUT2D eigenvalue weighted by Gasteiger charge is -2.38. The van der Waals surface area contributed by atoms with E-state index in [4.69, 9.17) is 11.6 Å². The predicted molar refractivity (Wildman–Crippen MR) is 106 cm³/mol. The molecule has 4 nitrogen and oxygen atoms in total.